The first-order chi connectivity index (χ1) is 9.13. The van der Waals surface area contributed by atoms with Crippen molar-refractivity contribution >= 4 is 23.2 Å². The normalized spacial score (nSPS) is 10.5. The van der Waals surface area contributed by atoms with Crippen LogP contribution in [0, 0.1) is 0 Å². The maximum Gasteiger partial charge on any atom is 0.128 e. The molecule has 0 saturated carbocycles. The molecule has 0 amide bonds. The molecule has 0 bridgehead atoms. The lowest BCUT2D eigenvalue weighted by molar-refractivity contribution is 0.282. The van der Waals surface area contributed by atoms with E-state index in [4.69, 9.17) is 33.0 Å². The summed E-state index contributed by atoms with van der Waals surface area (Å²) < 4.78 is 5.73. The standard InChI is InChI=1S/C15H14Cl2O2/c1-2-10-7-12(5-6-14(10)16)19-13-4-3-11(9-18)15(17)8-13/h3-8,18H,2,9H2,1H3. The Labute approximate surface area is 122 Å². The number of aryl methyl sites for hydroxylation is 1. The van der Waals surface area contributed by atoms with E-state index in [2.05, 4.69) is 0 Å². The molecular weight excluding hydrogens is 283 g/mol. The molecule has 2 rings (SSSR count). The Morgan fingerprint density at radius 3 is 2.26 bits per heavy atom. The summed E-state index contributed by atoms with van der Waals surface area (Å²) in [6, 6.07) is 10.8. The minimum atomic E-state index is -0.0833. The number of ether oxygens (including phenoxy) is 1. The molecule has 0 aromatic heterocycles. The van der Waals surface area contributed by atoms with E-state index in [1.807, 2.05) is 25.1 Å². The Bertz CT molecular complexity index is 582. The van der Waals surface area contributed by atoms with Crippen molar-refractivity contribution in [3.63, 3.8) is 0 Å². The molecule has 1 N–H and O–H groups in total. The van der Waals surface area contributed by atoms with Gasteiger partial charge in [-0.25, -0.2) is 0 Å². The average molecular weight is 297 g/mol. The van der Waals surface area contributed by atoms with E-state index in [9.17, 15) is 0 Å². The van der Waals surface area contributed by atoms with Crippen LogP contribution in [0.4, 0.5) is 0 Å². The Morgan fingerprint density at radius 2 is 1.63 bits per heavy atom. The Kier molecular flexibility index (Phi) is 4.70. The van der Waals surface area contributed by atoms with Crippen molar-refractivity contribution in [1.82, 2.24) is 0 Å². The number of benzene rings is 2. The van der Waals surface area contributed by atoms with Gasteiger partial charge in [0.2, 0.25) is 0 Å². The number of rotatable bonds is 4. The van der Waals surface area contributed by atoms with Gasteiger partial charge in [-0.1, -0.05) is 36.2 Å². The molecule has 0 fully saturated rings. The molecule has 19 heavy (non-hydrogen) atoms. The van der Waals surface area contributed by atoms with Crippen LogP contribution in [0.2, 0.25) is 10.0 Å². The van der Waals surface area contributed by atoms with Crippen molar-refractivity contribution in [2.45, 2.75) is 20.0 Å². The Balaban J connectivity index is 2.23. The summed E-state index contributed by atoms with van der Waals surface area (Å²) in [5, 5.41) is 10.3. The molecular formula is C15H14Cl2O2. The first-order valence-corrected chi connectivity index (χ1v) is 6.75. The molecule has 2 aromatic rings. The monoisotopic (exact) mass is 296 g/mol. The largest absolute Gasteiger partial charge is 0.457 e. The maximum atomic E-state index is 9.06. The zero-order valence-corrected chi connectivity index (χ0v) is 12.0. The van der Waals surface area contributed by atoms with Crippen LogP contribution in [0.15, 0.2) is 36.4 Å². The third-order valence-corrected chi connectivity index (χ3v) is 3.55. The number of aliphatic hydroxyl groups is 1. The van der Waals surface area contributed by atoms with Crippen LogP contribution in [0.3, 0.4) is 0 Å². The highest BCUT2D eigenvalue weighted by Gasteiger charge is 2.05. The van der Waals surface area contributed by atoms with E-state index >= 15 is 0 Å². The third kappa shape index (κ3) is 3.41. The van der Waals surface area contributed by atoms with Crippen LogP contribution in [-0.2, 0) is 13.0 Å². The van der Waals surface area contributed by atoms with Gasteiger partial charge in [-0.15, -0.1) is 0 Å². The Morgan fingerprint density at radius 1 is 0.947 bits per heavy atom. The third-order valence-electron chi connectivity index (χ3n) is 2.83. The van der Waals surface area contributed by atoms with Crippen LogP contribution in [0.25, 0.3) is 0 Å². The fourth-order valence-corrected chi connectivity index (χ4v) is 2.22. The van der Waals surface area contributed by atoms with Gasteiger partial charge < -0.3 is 9.84 Å². The lowest BCUT2D eigenvalue weighted by Crippen LogP contribution is -1.90. The molecule has 0 heterocycles. The maximum absolute atomic E-state index is 9.06. The molecule has 0 spiro atoms. The molecule has 2 nitrogen and oxygen atoms in total. The summed E-state index contributed by atoms with van der Waals surface area (Å²) in [6.45, 7) is 1.96. The zero-order chi connectivity index (χ0) is 13.8. The molecule has 0 radical (unpaired) electrons. The summed E-state index contributed by atoms with van der Waals surface area (Å²) in [4.78, 5) is 0. The van der Waals surface area contributed by atoms with E-state index in [0.717, 1.165) is 17.0 Å². The van der Waals surface area contributed by atoms with Gasteiger partial charge in [0.1, 0.15) is 11.5 Å². The molecule has 4 heteroatoms. The highest BCUT2D eigenvalue weighted by Crippen LogP contribution is 2.29. The second kappa shape index (κ2) is 6.29. The Hall–Kier alpha value is -1.22. The van der Waals surface area contributed by atoms with Crippen LogP contribution < -0.4 is 4.74 Å². The number of hydrogen-bond donors (Lipinski definition) is 1. The second-order valence-electron chi connectivity index (χ2n) is 4.12. The second-order valence-corrected chi connectivity index (χ2v) is 4.93. The fraction of sp³-hybridized carbons (Fsp3) is 0.200. The summed E-state index contributed by atoms with van der Waals surface area (Å²) in [6.07, 6.45) is 0.847. The van der Waals surface area contributed by atoms with Crippen LogP contribution in [0.1, 0.15) is 18.1 Å². The SMILES string of the molecule is CCc1cc(Oc2ccc(CO)c(Cl)c2)ccc1Cl. The average Bonchev–Trinajstić information content (AvgIpc) is 2.41. The molecule has 2 aromatic carbocycles. The van der Waals surface area contributed by atoms with E-state index in [1.165, 1.54) is 0 Å². The van der Waals surface area contributed by atoms with Crippen molar-refractivity contribution in [3.05, 3.63) is 57.6 Å². The van der Waals surface area contributed by atoms with Crippen LogP contribution >= 0.6 is 23.2 Å². The van der Waals surface area contributed by atoms with E-state index in [-0.39, 0.29) is 6.61 Å². The minimum absolute atomic E-state index is 0.0833. The first kappa shape index (κ1) is 14.2. The highest BCUT2D eigenvalue weighted by atomic mass is 35.5. The number of hydrogen-bond acceptors (Lipinski definition) is 2. The molecule has 0 aliphatic carbocycles. The van der Waals surface area contributed by atoms with Gasteiger partial charge in [0.25, 0.3) is 0 Å². The number of aliphatic hydroxyl groups excluding tert-OH is 1. The van der Waals surface area contributed by atoms with E-state index in [0.29, 0.717) is 22.1 Å². The summed E-state index contributed by atoms with van der Waals surface area (Å²) >= 11 is 12.1. The molecule has 0 atom stereocenters. The van der Waals surface area contributed by atoms with E-state index in [1.54, 1.807) is 18.2 Å². The lowest BCUT2D eigenvalue weighted by Gasteiger charge is -2.09. The summed E-state index contributed by atoms with van der Waals surface area (Å²) in [5.41, 5.74) is 1.72. The predicted octanol–water partition coefficient (Wildman–Crippen LogP) is 4.84. The van der Waals surface area contributed by atoms with Gasteiger partial charge in [0, 0.05) is 10.0 Å². The summed E-state index contributed by atoms with van der Waals surface area (Å²) in [7, 11) is 0. The lowest BCUT2D eigenvalue weighted by atomic mass is 10.1. The molecule has 0 aliphatic rings. The summed E-state index contributed by atoms with van der Waals surface area (Å²) in [5.74, 6) is 1.35. The van der Waals surface area contributed by atoms with Gasteiger partial charge in [-0.3, -0.25) is 0 Å². The van der Waals surface area contributed by atoms with E-state index < -0.39 is 0 Å². The van der Waals surface area contributed by atoms with Crippen LogP contribution in [0.5, 0.6) is 11.5 Å². The predicted molar refractivity (Wildman–Crippen MR) is 78.3 cm³/mol. The highest BCUT2D eigenvalue weighted by molar-refractivity contribution is 6.31. The smallest absolute Gasteiger partial charge is 0.128 e. The van der Waals surface area contributed by atoms with Gasteiger partial charge in [0.15, 0.2) is 0 Å². The van der Waals surface area contributed by atoms with Gasteiger partial charge >= 0.3 is 0 Å². The van der Waals surface area contributed by atoms with Crippen molar-refractivity contribution < 1.29 is 9.84 Å². The van der Waals surface area contributed by atoms with Crippen molar-refractivity contribution in [1.29, 1.82) is 0 Å². The first-order valence-electron chi connectivity index (χ1n) is 5.99. The topological polar surface area (TPSA) is 29.5 Å². The molecule has 100 valence electrons. The molecule has 0 saturated heterocycles. The quantitative estimate of drug-likeness (QED) is 0.875. The number of halogens is 2. The fourth-order valence-electron chi connectivity index (χ4n) is 1.74. The van der Waals surface area contributed by atoms with Gasteiger partial charge in [-0.05, 0) is 47.9 Å². The molecule has 0 unspecified atom stereocenters. The van der Waals surface area contributed by atoms with Crippen molar-refractivity contribution in [2.75, 3.05) is 0 Å². The van der Waals surface area contributed by atoms with Crippen molar-refractivity contribution in [3.8, 4) is 11.5 Å². The zero-order valence-electron chi connectivity index (χ0n) is 10.5. The van der Waals surface area contributed by atoms with Gasteiger partial charge in [-0.2, -0.15) is 0 Å². The van der Waals surface area contributed by atoms with Crippen molar-refractivity contribution in [2.24, 2.45) is 0 Å². The minimum Gasteiger partial charge on any atom is -0.457 e. The van der Waals surface area contributed by atoms with Gasteiger partial charge in [0.05, 0.1) is 6.61 Å². The van der Waals surface area contributed by atoms with Crippen LogP contribution in [-0.4, -0.2) is 5.11 Å². The molecule has 0 aliphatic heterocycles.